The van der Waals surface area contributed by atoms with E-state index >= 15 is 0 Å². The fraction of sp³-hybridized carbons (Fsp3) is 0.667. The number of carbonyl (C=O) groups is 1. The molecule has 2 saturated carbocycles. The smallest absolute Gasteiger partial charge is 0.243 e. The van der Waals surface area contributed by atoms with Crippen molar-refractivity contribution < 1.29 is 4.79 Å². The summed E-state index contributed by atoms with van der Waals surface area (Å²) in [5.41, 5.74) is 2.82. The van der Waals surface area contributed by atoms with Crippen molar-refractivity contribution in [3.8, 4) is 6.07 Å². The van der Waals surface area contributed by atoms with Gasteiger partial charge in [-0.05, 0) is 37.7 Å². The van der Waals surface area contributed by atoms with Crippen molar-refractivity contribution in [1.82, 2.24) is 14.9 Å². The Morgan fingerprint density at radius 2 is 1.96 bits per heavy atom. The summed E-state index contributed by atoms with van der Waals surface area (Å²) in [5.74, 6) is 0.653. The average molecular weight is 310 g/mol. The number of aromatic nitrogens is 2. The maximum atomic E-state index is 13.0. The van der Waals surface area contributed by atoms with Crippen LogP contribution in [-0.2, 0) is 17.6 Å². The number of hydrogen-bond acceptors (Lipinski definition) is 4. The number of fused-ring (bicyclic) bond motifs is 1. The molecule has 23 heavy (non-hydrogen) atoms. The molecule has 3 aliphatic rings. The Bertz CT molecular complexity index is 668. The topological polar surface area (TPSA) is 69.9 Å². The highest BCUT2D eigenvalue weighted by Crippen LogP contribution is 2.42. The molecular weight excluding hydrogens is 288 g/mol. The zero-order valence-corrected chi connectivity index (χ0v) is 13.4. The van der Waals surface area contributed by atoms with Gasteiger partial charge in [-0.2, -0.15) is 5.26 Å². The third kappa shape index (κ3) is 2.50. The molecule has 1 aliphatic heterocycles. The molecule has 0 aromatic carbocycles. The molecule has 120 valence electrons. The zero-order valence-electron chi connectivity index (χ0n) is 13.4. The van der Waals surface area contributed by atoms with Gasteiger partial charge in [-0.15, -0.1) is 0 Å². The van der Waals surface area contributed by atoms with E-state index in [1.807, 2.05) is 4.90 Å². The third-order valence-corrected chi connectivity index (χ3v) is 5.65. The van der Waals surface area contributed by atoms with Gasteiger partial charge in [-0.1, -0.05) is 12.8 Å². The van der Waals surface area contributed by atoms with Crippen LogP contribution < -0.4 is 0 Å². The quantitative estimate of drug-likeness (QED) is 0.841. The molecule has 1 amide bonds. The second kappa shape index (κ2) is 5.59. The van der Waals surface area contributed by atoms with Crippen molar-refractivity contribution in [3.05, 3.63) is 23.3 Å². The lowest BCUT2D eigenvalue weighted by atomic mass is 9.86. The summed E-state index contributed by atoms with van der Waals surface area (Å²) in [7, 11) is 0. The van der Waals surface area contributed by atoms with Crippen molar-refractivity contribution in [3.63, 3.8) is 0 Å². The normalized spacial score (nSPS) is 23.0. The summed E-state index contributed by atoms with van der Waals surface area (Å²) in [6.07, 6.45) is 9.16. The van der Waals surface area contributed by atoms with Gasteiger partial charge in [0.05, 0.1) is 11.8 Å². The molecule has 5 nitrogen and oxygen atoms in total. The molecule has 0 radical (unpaired) electrons. The van der Waals surface area contributed by atoms with Gasteiger partial charge >= 0.3 is 0 Å². The van der Waals surface area contributed by atoms with Gasteiger partial charge in [0.15, 0.2) is 0 Å². The number of rotatable bonds is 2. The van der Waals surface area contributed by atoms with Gasteiger partial charge in [-0.3, -0.25) is 4.79 Å². The Kier molecular flexibility index (Phi) is 3.56. The standard InChI is InChI=1S/C18H22N4O/c19-11-18(7-1-2-8-18)17(23)22-9-5-14-15(6-10-22)20-12-21-16(14)13-3-4-13/h12-13H,1-10H2. The van der Waals surface area contributed by atoms with Crippen molar-refractivity contribution in [2.24, 2.45) is 5.41 Å². The van der Waals surface area contributed by atoms with Crippen LogP contribution in [0.5, 0.6) is 0 Å². The van der Waals surface area contributed by atoms with Crippen molar-refractivity contribution >= 4 is 5.91 Å². The maximum Gasteiger partial charge on any atom is 0.243 e. The minimum Gasteiger partial charge on any atom is -0.341 e. The van der Waals surface area contributed by atoms with E-state index < -0.39 is 5.41 Å². The highest BCUT2D eigenvalue weighted by atomic mass is 16.2. The van der Waals surface area contributed by atoms with E-state index in [0.29, 0.717) is 19.0 Å². The molecule has 2 fully saturated rings. The molecule has 2 heterocycles. The fourth-order valence-corrected chi connectivity index (χ4v) is 4.12. The number of amides is 1. The Balaban J connectivity index is 1.55. The number of hydrogen-bond donors (Lipinski definition) is 0. The average Bonchev–Trinajstić information content (AvgIpc) is 3.35. The Morgan fingerprint density at radius 1 is 1.22 bits per heavy atom. The highest BCUT2D eigenvalue weighted by Gasteiger charge is 2.44. The molecule has 0 saturated heterocycles. The summed E-state index contributed by atoms with van der Waals surface area (Å²) in [6.45, 7) is 1.37. The summed E-state index contributed by atoms with van der Waals surface area (Å²) < 4.78 is 0. The first kappa shape index (κ1) is 14.6. The molecule has 1 aromatic rings. The van der Waals surface area contributed by atoms with Crippen molar-refractivity contribution in [1.29, 1.82) is 5.26 Å². The van der Waals surface area contributed by atoms with Crippen LogP contribution in [0.1, 0.15) is 61.4 Å². The fourth-order valence-electron chi connectivity index (χ4n) is 4.12. The van der Waals surface area contributed by atoms with E-state index in [1.54, 1.807) is 6.33 Å². The molecular formula is C18H22N4O. The first-order chi connectivity index (χ1) is 11.2. The lowest BCUT2D eigenvalue weighted by Gasteiger charge is -2.28. The number of carbonyl (C=O) groups excluding carboxylic acids is 1. The van der Waals surface area contributed by atoms with Gasteiger partial charge in [-0.25, -0.2) is 9.97 Å². The van der Waals surface area contributed by atoms with Gasteiger partial charge < -0.3 is 4.90 Å². The first-order valence-corrected chi connectivity index (χ1v) is 8.77. The second-order valence-electron chi connectivity index (χ2n) is 7.15. The monoisotopic (exact) mass is 310 g/mol. The SMILES string of the molecule is N#CC1(C(=O)N2CCc3ncnc(C4CC4)c3CC2)CCCC1. The lowest BCUT2D eigenvalue weighted by Crippen LogP contribution is -2.43. The Morgan fingerprint density at radius 3 is 2.65 bits per heavy atom. The van der Waals surface area contributed by atoms with Crippen molar-refractivity contribution in [2.45, 2.75) is 57.3 Å². The van der Waals surface area contributed by atoms with Crippen LogP contribution in [-0.4, -0.2) is 33.9 Å². The maximum absolute atomic E-state index is 13.0. The summed E-state index contributed by atoms with van der Waals surface area (Å²) >= 11 is 0. The molecule has 0 bridgehead atoms. The summed E-state index contributed by atoms with van der Waals surface area (Å²) in [4.78, 5) is 23.8. The van der Waals surface area contributed by atoms with E-state index in [9.17, 15) is 10.1 Å². The molecule has 0 unspecified atom stereocenters. The minimum atomic E-state index is -0.762. The van der Waals surface area contributed by atoms with Gasteiger partial charge in [0, 0.05) is 31.1 Å². The van der Waals surface area contributed by atoms with Crippen LogP contribution in [0.3, 0.4) is 0 Å². The second-order valence-corrected chi connectivity index (χ2v) is 7.15. The van der Waals surface area contributed by atoms with E-state index in [1.165, 1.54) is 24.1 Å². The molecule has 0 N–H and O–H groups in total. The van der Waals surface area contributed by atoms with E-state index in [0.717, 1.165) is 44.2 Å². The van der Waals surface area contributed by atoms with Crippen molar-refractivity contribution in [2.75, 3.05) is 13.1 Å². The first-order valence-electron chi connectivity index (χ1n) is 8.77. The molecule has 0 atom stereocenters. The Hall–Kier alpha value is -1.96. The largest absolute Gasteiger partial charge is 0.341 e. The van der Waals surface area contributed by atoms with E-state index in [2.05, 4.69) is 16.0 Å². The minimum absolute atomic E-state index is 0.0474. The van der Waals surface area contributed by atoms with Crippen LogP contribution in [0.4, 0.5) is 0 Å². The van der Waals surface area contributed by atoms with E-state index in [-0.39, 0.29) is 5.91 Å². The van der Waals surface area contributed by atoms with Gasteiger partial charge in [0.25, 0.3) is 0 Å². The number of nitriles is 1. The van der Waals surface area contributed by atoms with Crippen LogP contribution >= 0.6 is 0 Å². The third-order valence-electron chi connectivity index (χ3n) is 5.65. The molecule has 5 heteroatoms. The summed E-state index contributed by atoms with van der Waals surface area (Å²) in [5, 5.41) is 9.57. The van der Waals surface area contributed by atoms with Crippen LogP contribution in [0.25, 0.3) is 0 Å². The molecule has 2 aliphatic carbocycles. The summed E-state index contributed by atoms with van der Waals surface area (Å²) in [6, 6.07) is 2.34. The Labute approximate surface area is 136 Å². The van der Waals surface area contributed by atoms with Crippen LogP contribution in [0, 0.1) is 16.7 Å². The van der Waals surface area contributed by atoms with Crippen LogP contribution in [0.15, 0.2) is 6.33 Å². The predicted molar refractivity (Wildman–Crippen MR) is 84.5 cm³/mol. The predicted octanol–water partition coefficient (Wildman–Crippen LogP) is 2.37. The zero-order chi connectivity index (χ0) is 15.9. The van der Waals surface area contributed by atoms with Gasteiger partial charge in [0.1, 0.15) is 11.7 Å². The van der Waals surface area contributed by atoms with Gasteiger partial charge in [0.2, 0.25) is 5.91 Å². The molecule has 0 spiro atoms. The highest BCUT2D eigenvalue weighted by molar-refractivity contribution is 5.86. The molecule has 1 aromatic heterocycles. The van der Waals surface area contributed by atoms with E-state index in [4.69, 9.17) is 0 Å². The number of nitrogens with zero attached hydrogens (tertiary/aromatic N) is 4. The lowest BCUT2D eigenvalue weighted by molar-refractivity contribution is -0.138. The van der Waals surface area contributed by atoms with Crippen LogP contribution in [0.2, 0.25) is 0 Å². The molecule has 4 rings (SSSR count).